The van der Waals surface area contributed by atoms with Crippen LogP contribution in [0.4, 0.5) is 5.69 Å². The van der Waals surface area contributed by atoms with Crippen LogP contribution in [-0.2, 0) is 0 Å². The molecule has 4 N–H and O–H groups in total. The van der Waals surface area contributed by atoms with Gasteiger partial charge < -0.3 is 11.1 Å². The molecule has 0 radical (unpaired) electrons. The first kappa shape index (κ1) is 11.6. The molecule has 0 atom stereocenters. The zero-order chi connectivity index (χ0) is 11.5. The Hall–Kier alpha value is -1.52. The number of carbonyl (C=O) groups excluding carboxylic acids is 1. The molecule has 0 fully saturated rings. The van der Waals surface area contributed by atoms with Crippen LogP contribution >= 0.6 is 0 Å². The maximum Gasteiger partial charge on any atom is 0.271 e. The Morgan fingerprint density at radius 2 is 2.33 bits per heavy atom. The third-order valence-electron chi connectivity index (χ3n) is 2.58. The molecular formula is C10H18N4O. The summed E-state index contributed by atoms with van der Waals surface area (Å²) in [4.78, 5) is 11.6. The first-order valence-electron chi connectivity index (χ1n) is 5.03. The van der Waals surface area contributed by atoms with Gasteiger partial charge in [0.2, 0.25) is 0 Å². The maximum absolute atomic E-state index is 11.6. The van der Waals surface area contributed by atoms with Crippen LogP contribution in [0.25, 0.3) is 0 Å². The number of nitrogens with zero attached hydrogens (tertiary/aromatic N) is 1. The highest BCUT2D eigenvalue weighted by atomic mass is 16.1. The highest BCUT2D eigenvalue weighted by molar-refractivity contribution is 5.96. The van der Waals surface area contributed by atoms with Crippen LogP contribution in [0.3, 0.4) is 0 Å². The Balaban J connectivity index is 2.55. The average Bonchev–Trinajstić information content (AvgIpc) is 2.61. The molecule has 15 heavy (non-hydrogen) atoms. The molecule has 0 spiro atoms. The molecule has 0 aliphatic carbocycles. The molecule has 1 rings (SSSR count). The first-order chi connectivity index (χ1) is 6.96. The van der Waals surface area contributed by atoms with Crippen LogP contribution in [0.1, 0.15) is 37.7 Å². The second kappa shape index (κ2) is 4.33. The second-order valence-electron chi connectivity index (χ2n) is 4.40. The molecule has 5 heteroatoms. The van der Waals surface area contributed by atoms with E-state index in [0.29, 0.717) is 17.9 Å². The van der Waals surface area contributed by atoms with Crippen molar-refractivity contribution in [2.75, 3.05) is 12.3 Å². The lowest BCUT2D eigenvalue weighted by molar-refractivity contribution is 0.0931. The highest BCUT2D eigenvalue weighted by Gasteiger charge is 2.18. The molecule has 0 aliphatic heterocycles. The average molecular weight is 210 g/mol. The Morgan fingerprint density at radius 3 is 2.80 bits per heavy atom. The third kappa shape index (κ3) is 2.97. The van der Waals surface area contributed by atoms with Gasteiger partial charge >= 0.3 is 0 Å². The van der Waals surface area contributed by atoms with Gasteiger partial charge in [0.15, 0.2) is 0 Å². The Bertz CT molecular complexity index is 343. The van der Waals surface area contributed by atoms with E-state index in [0.717, 1.165) is 6.42 Å². The van der Waals surface area contributed by atoms with E-state index in [9.17, 15) is 4.79 Å². The van der Waals surface area contributed by atoms with Gasteiger partial charge in [0, 0.05) is 6.54 Å². The molecule has 0 saturated carbocycles. The summed E-state index contributed by atoms with van der Waals surface area (Å²) in [6.45, 7) is 6.92. The predicted molar refractivity (Wildman–Crippen MR) is 59.4 cm³/mol. The number of aromatic amines is 1. The van der Waals surface area contributed by atoms with E-state index in [1.165, 1.54) is 6.20 Å². The molecule has 0 bridgehead atoms. The van der Waals surface area contributed by atoms with Crippen molar-refractivity contribution in [3.63, 3.8) is 0 Å². The monoisotopic (exact) mass is 210 g/mol. The van der Waals surface area contributed by atoms with Crippen LogP contribution in [-0.4, -0.2) is 22.6 Å². The third-order valence-corrected chi connectivity index (χ3v) is 2.58. The summed E-state index contributed by atoms with van der Waals surface area (Å²) in [6.07, 6.45) is 2.44. The van der Waals surface area contributed by atoms with Crippen molar-refractivity contribution in [2.45, 2.75) is 27.2 Å². The summed E-state index contributed by atoms with van der Waals surface area (Å²) in [5.41, 5.74) is 6.37. The molecule has 1 aromatic rings. The SMILES string of the molecule is CCC(C)(C)CNC(=O)c1[nH]ncc1N. The number of H-pyrrole nitrogens is 1. The molecule has 84 valence electrons. The Kier molecular flexibility index (Phi) is 3.34. The van der Waals surface area contributed by atoms with Crippen molar-refractivity contribution in [3.05, 3.63) is 11.9 Å². The summed E-state index contributed by atoms with van der Waals surface area (Å²) in [7, 11) is 0. The van der Waals surface area contributed by atoms with Crippen LogP contribution in [0.2, 0.25) is 0 Å². The van der Waals surface area contributed by atoms with Crippen LogP contribution < -0.4 is 11.1 Å². The fraction of sp³-hybridized carbons (Fsp3) is 0.600. The highest BCUT2D eigenvalue weighted by Crippen LogP contribution is 2.18. The summed E-state index contributed by atoms with van der Waals surface area (Å²) in [5.74, 6) is -0.202. The quantitative estimate of drug-likeness (QED) is 0.697. The molecule has 0 aliphatic rings. The fourth-order valence-corrected chi connectivity index (χ4v) is 1.01. The van der Waals surface area contributed by atoms with E-state index in [1.54, 1.807) is 0 Å². The van der Waals surface area contributed by atoms with Gasteiger partial charge in [-0.05, 0) is 11.8 Å². The van der Waals surface area contributed by atoms with Crippen molar-refractivity contribution in [2.24, 2.45) is 5.41 Å². The van der Waals surface area contributed by atoms with Crippen molar-refractivity contribution >= 4 is 11.6 Å². The summed E-state index contributed by atoms with van der Waals surface area (Å²) >= 11 is 0. The molecule has 1 aromatic heterocycles. The van der Waals surface area contributed by atoms with E-state index < -0.39 is 0 Å². The van der Waals surface area contributed by atoms with Gasteiger partial charge in [-0.25, -0.2) is 0 Å². The summed E-state index contributed by atoms with van der Waals surface area (Å²) in [5, 5.41) is 9.10. The minimum atomic E-state index is -0.202. The predicted octanol–water partition coefficient (Wildman–Crippen LogP) is 1.16. The normalized spacial score (nSPS) is 11.4. The number of nitrogen functional groups attached to an aromatic ring is 1. The number of aromatic nitrogens is 2. The number of amides is 1. The fourth-order valence-electron chi connectivity index (χ4n) is 1.01. The van der Waals surface area contributed by atoms with Gasteiger partial charge in [0.1, 0.15) is 5.69 Å². The van der Waals surface area contributed by atoms with Crippen molar-refractivity contribution in [1.82, 2.24) is 15.5 Å². The first-order valence-corrected chi connectivity index (χ1v) is 5.03. The van der Waals surface area contributed by atoms with Gasteiger partial charge in [-0.15, -0.1) is 0 Å². The standard InChI is InChI=1S/C10H18N4O/c1-4-10(2,3)6-12-9(15)8-7(11)5-13-14-8/h5H,4,6,11H2,1-3H3,(H,12,15)(H,13,14). The number of hydrogen-bond donors (Lipinski definition) is 3. The largest absolute Gasteiger partial charge is 0.396 e. The summed E-state index contributed by atoms with van der Waals surface area (Å²) < 4.78 is 0. The maximum atomic E-state index is 11.6. The molecule has 0 unspecified atom stereocenters. The molecule has 0 aromatic carbocycles. The van der Waals surface area contributed by atoms with Gasteiger partial charge in [0.25, 0.3) is 5.91 Å². The van der Waals surface area contributed by atoms with Gasteiger partial charge in [-0.2, -0.15) is 5.10 Å². The minimum Gasteiger partial charge on any atom is -0.396 e. The lowest BCUT2D eigenvalue weighted by Gasteiger charge is -2.22. The number of rotatable bonds is 4. The van der Waals surface area contributed by atoms with Crippen molar-refractivity contribution in [1.29, 1.82) is 0 Å². The smallest absolute Gasteiger partial charge is 0.271 e. The zero-order valence-corrected chi connectivity index (χ0v) is 9.42. The Labute approximate surface area is 89.4 Å². The van der Waals surface area contributed by atoms with E-state index >= 15 is 0 Å². The van der Waals surface area contributed by atoms with E-state index in [1.807, 2.05) is 0 Å². The van der Waals surface area contributed by atoms with Gasteiger partial charge in [0.05, 0.1) is 11.9 Å². The van der Waals surface area contributed by atoms with Gasteiger partial charge in [-0.1, -0.05) is 20.8 Å². The lowest BCUT2D eigenvalue weighted by Crippen LogP contribution is -2.34. The van der Waals surface area contributed by atoms with E-state index in [2.05, 4.69) is 36.3 Å². The second-order valence-corrected chi connectivity index (χ2v) is 4.40. The van der Waals surface area contributed by atoms with Gasteiger partial charge in [-0.3, -0.25) is 9.89 Å². The topological polar surface area (TPSA) is 83.8 Å². The van der Waals surface area contributed by atoms with E-state index in [-0.39, 0.29) is 11.3 Å². The molecule has 1 amide bonds. The Morgan fingerprint density at radius 1 is 1.67 bits per heavy atom. The molecule has 5 nitrogen and oxygen atoms in total. The minimum absolute atomic E-state index is 0.102. The van der Waals surface area contributed by atoms with E-state index in [4.69, 9.17) is 5.73 Å². The number of hydrogen-bond acceptors (Lipinski definition) is 3. The van der Waals surface area contributed by atoms with Crippen molar-refractivity contribution in [3.8, 4) is 0 Å². The van der Waals surface area contributed by atoms with Crippen LogP contribution in [0.15, 0.2) is 6.20 Å². The zero-order valence-electron chi connectivity index (χ0n) is 9.42. The number of nitrogens with two attached hydrogens (primary N) is 1. The lowest BCUT2D eigenvalue weighted by atomic mass is 9.90. The number of nitrogens with one attached hydrogen (secondary N) is 2. The van der Waals surface area contributed by atoms with Crippen molar-refractivity contribution < 1.29 is 4.79 Å². The number of carbonyl (C=O) groups is 1. The molecule has 1 heterocycles. The molecular weight excluding hydrogens is 192 g/mol. The molecule has 0 saturated heterocycles. The van der Waals surface area contributed by atoms with Crippen LogP contribution in [0.5, 0.6) is 0 Å². The number of anilines is 1. The summed E-state index contributed by atoms with van der Waals surface area (Å²) in [6, 6.07) is 0. The van der Waals surface area contributed by atoms with Crippen LogP contribution in [0, 0.1) is 5.41 Å².